The number of sulfonamides is 1. The quantitative estimate of drug-likeness (QED) is 0.483. The van der Waals surface area contributed by atoms with Gasteiger partial charge in [0, 0.05) is 19.8 Å². The molecule has 0 fully saturated rings. The second-order valence-corrected chi connectivity index (χ2v) is 5.29. The van der Waals surface area contributed by atoms with E-state index >= 15 is 0 Å². The number of rotatable bonds is 3. The first-order valence-corrected chi connectivity index (χ1v) is 6.10. The summed E-state index contributed by atoms with van der Waals surface area (Å²) in [6.45, 7) is 1.71. The predicted octanol–water partition coefficient (Wildman–Crippen LogP) is 0.856. The third kappa shape index (κ3) is 2.96. The lowest BCUT2D eigenvalue weighted by Gasteiger charge is -2.06. The van der Waals surface area contributed by atoms with Crippen LogP contribution in [0.2, 0.25) is 0 Å². The fraction of sp³-hybridized carbons (Fsp3) is 0.300. The third-order valence-corrected chi connectivity index (χ3v) is 3.27. The topological polar surface area (TPSA) is 75.8 Å². The van der Waals surface area contributed by atoms with Crippen molar-refractivity contribution in [2.45, 2.75) is 11.8 Å². The van der Waals surface area contributed by atoms with Crippen LogP contribution in [0.5, 0.6) is 0 Å². The van der Waals surface area contributed by atoms with E-state index in [1.807, 2.05) is 0 Å². The highest BCUT2D eigenvalue weighted by atomic mass is 32.2. The SMILES string of the molecule is Cc1ccc(N)cc1S(=O)(=O)N=CN(C)C. The molecule has 1 aromatic rings. The molecule has 1 rings (SSSR count). The molecule has 0 saturated heterocycles. The number of hydrogen-bond acceptors (Lipinski definition) is 3. The van der Waals surface area contributed by atoms with Crippen molar-refractivity contribution in [2.24, 2.45) is 4.40 Å². The number of aryl methyl sites for hydroxylation is 1. The Balaban J connectivity index is 3.22. The van der Waals surface area contributed by atoms with Crippen molar-refractivity contribution < 1.29 is 8.42 Å². The molecular formula is C10H15N3O2S. The van der Waals surface area contributed by atoms with Gasteiger partial charge in [-0.25, -0.2) is 0 Å². The number of nitrogens with zero attached hydrogens (tertiary/aromatic N) is 2. The van der Waals surface area contributed by atoms with E-state index in [1.165, 1.54) is 12.4 Å². The number of anilines is 1. The van der Waals surface area contributed by atoms with Crippen LogP contribution >= 0.6 is 0 Å². The molecule has 0 aliphatic heterocycles. The Morgan fingerprint density at radius 2 is 2.00 bits per heavy atom. The lowest BCUT2D eigenvalue weighted by molar-refractivity contribution is 0.594. The van der Waals surface area contributed by atoms with Crippen LogP contribution in [-0.4, -0.2) is 33.8 Å². The minimum Gasteiger partial charge on any atom is -0.399 e. The molecule has 1 aromatic carbocycles. The number of hydrogen-bond donors (Lipinski definition) is 1. The van der Waals surface area contributed by atoms with Crippen molar-refractivity contribution in [2.75, 3.05) is 19.8 Å². The first kappa shape index (κ1) is 12.5. The maximum absolute atomic E-state index is 11.8. The van der Waals surface area contributed by atoms with Gasteiger partial charge in [-0.1, -0.05) is 6.07 Å². The molecule has 0 aliphatic carbocycles. The van der Waals surface area contributed by atoms with Crippen molar-refractivity contribution in [1.29, 1.82) is 0 Å². The normalized spacial score (nSPS) is 11.9. The minimum atomic E-state index is -3.66. The van der Waals surface area contributed by atoms with Gasteiger partial charge in [0.25, 0.3) is 10.0 Å². The number of nitrogens with two attached hydrogens (primary N) is 1. The molecule has 2 N–H and O–H groups in total. The Morgan fingerprint density at radius 3 is 2.56 bits per heavy atom. The summed E-state index contributed by atoms with van der Waals surface area (Å²) in [5.41, 5.74) is 6.59. The van der Waals surface area contributed by atoms with Crippen molar-refractivity contribution in [3.63, 3.8) is 0 Å². The van der Waals surface area contributed by atoms with Crippen LogP contribution in [0.25, 0.3) is 0 Å². The highest BCUT2D eigenvalue weighted by molar-refractivity contribution is 7.90. The summed E-state index contributed by atoms with van der Waals surface area (Å²) in [7, 11) is -0.261. The molecular weight excluding hydrogens is 226 g/mol. The molecule has 16 heavy (non-hydrogen) atoms. The fourth-order valence-electron chi connectivity index (χ4n) is 1.11. The van der Waals surface area contributed by atoms with Gasteiger partial charge in [0.1, 0.15) is 6.34 Å². The zero-order valence-corrected chi connectivity index (χ0v) is 10.3. The van der Waals surface area contributed by atoms with E-state index in [9.17, 15) is 8.42 Å². The molecule has 6 heteroatoms. The molecule has 0 atom stereocenters. The Labute approximate surface area is 95.6 Å². The zero-order valence-electron chi connectivity index (χ0n) is 9.51. The van der Waals surface area contributed by atoms with Crippen LogP contribution in [0.3, 0.4) is 0 Å². The van der Waals surface area contributed by atoms with Crippen LogP contribution in [0, 0.1) is 6.92 Å². The van der Waals surface area contributed by atoms with Gasteiger partial charge in [0.15, 0.2) is 0 Å². The van der Waals surface area contributed by atoms with Crippen LogP contribution in [0.1, 0.15) is 5.56 Å². The highest BCUT2D eigenvalue weighted by Crippen LogP contribution is 2.19. The van der Waals surface area contributed by atoms with Gasteiger partial charge in [-0.2, -0.15) is 8.42 Å². The second-order valence-electron chi connectivity index (χ2n) is 3.68. The smallest absolute Gasteiger partial charge is 0.284 e. The summed E-state index contributed by atoms with van der Waals surface area (Å²) >= 11 is 0. The average Bonchev–Trinajstić information content (AvgIpc) is 2.19. The Bertz CT molecular complexity index is 507. The van der Waals surface area contributed by atoms with Crippen molar-refractivity contribution in [3.8, 4) is 0 Å². The maximum atomic E-state index is 11.8. The van der Waals surface area contributed by atoms with Crippen molar-refractivity contribution in [1.82, 2.24) is 4.90 Å². The first-order valence-electron chi connectivity index (χ1n) is 4.66. The average molecular weight is 241 g/mol. The van der Waals surface area contributed by atoms with Crippen LogP contribution in [0.4, 0.5) is 5.69 Å². The summed E-state index contributed by atoms with van der Waals surface area (Å²) < 4.78 is 27.2. The molecule has 88 valence electrons. The molecule has 0 unspecified atom stereocenters. The van der Waals surface area contributed by atoms with Crippen LogP contribution in [0.15, 0.2) is 27.5 Å². The van der Waals surface area contributed by atoms with Crippen LogP contribution < -0.4 is 5.73 Å². The van der Waals surface area contributed by atoms with Gasteiger partial charge in [-0.15, -0.1) is 4.40 Å². The van der Waals surface area contributed by atoms with E-state index < -0.39 is 10.0 Å². The molecule has 0 aliphatic rings. The van der Waals surface area contributed by atoms with Gasteiger partial charge < -0.3 is 10.6 Å². The van der Waals surface area contributed by atoms with Crippen molar-refractivity contribution >= 4 is 22.0 Å². The Hall–Kier alpha value is -1.56. The van der Waals surface area contributed by atoms with E-state index in [2.05, 4.69) is 4.40 Å². The molecule has 0 saturated carbocycles. The van der Waals surface area contributed by atoms with E-state index in [4.69, 9.17) is 5.73 Å². The molecule has 0 amide bonds. The van der Waals surface area contributed by atoms with Gasteiger partial charge >= 0.3 is 0 Å². The minimum absolute atomic E-state index is 0.144. The summed E-state index contributed by atoms with van der Waals surface area (Å²) in [6.07, 6.45) is 1.25. The largest absolute Gasteiger partial charge is 0.399 e. The lowest BCUT2D eigenvalue weighted by atomic mass is 10.2. The standard InChI is InChI=1S/C10H15N3O2S/c1-8-4-5-9(11)6-10(8)16(14,15)12-7-13(2)3/h4-7H,11H2,1-3H3. The Morgan fingerprint density at radius 1 is 1.38 bits per heavy atom. The monoisotopic (exact) mass is 241 g/mol. The van der Waals surface area contributed by atoms with E-state index in [0.29, 0.717) is 11.3 Å². The molecule has 0 aromatic heterocycles. The zero-order chi connectivity index (χ0) is 12.3. The third-order valence-electron chi connectivity index (χ3n) is 1.91. The Kier molecular flexibility index (Phi) is 3.54. The van der Waals surface area contributed by atoms with Gasteiger partial charge in [-0.05, 0) is 24.6 Å². The predicted molar refractivity (Wildman–Crippen MR) is 65.0 cm³/mol. The number of benzene rings is 1. The fourth-order valence-corrected chi connectivity index (χ4v) is 2.29. The van der Waals surface area contributed by atoms with Gasteiger partial charge in [0.05, 0.1) is 4.90 Å². The van der Waals surface area contributed by atoms with E-state index in [-0.39, 0.29) is 4.90 Å². The first-order chi connectivity index (χ1) is 7.33. The lowest BCUT2D eigenvalue weighted by Crippen LogP contribution is -2.10. The molecule has 0 radical (unpaired) electrons. The van der Waals surface area contributed by atoms with Crippen LogP contribution in [-0.2, 0) is 10.0 Å². The van der Waals surface area contributed by atoms with Gasteiger partial charge in [0.2, 0.25) is 0 Å². The second kappa shape index (κ2) is 4.52. The maximum Gasteiger partial charge on any atom is 0.284 e. The highest BCUT2D eigenvalue weighted by Gasteiger charge is 2.15. The summed E-state index contributed by atoms with van der Waals surface area (Å²) in [4.78, 5) is 1.70. The van der Waals surface area contributed by atoms with Crippen molar-refractivity contribution in [3.05, 3.63) is 23.8 Å². The number of nitrogen functional groups attached to an aromatic ring is 1. The summed E-state index contributed by atoms with van der Waals surface area (Å²) in [5.74, 6) is 0. The molecule has 0 heterocycles. The summed E-state index contributed by atoms with van der Waals surface area (Å²) in [5, 5.41) is 0. The molecule has 5 nitrogen and oxygen atoms in total. The molecule has 0 spiro atoms. The molecule has 0 bridgehead atoms. The van der Waals surface area contributed by atoms with E-state index in [1.54, 1.807) is 38.1 Å². The van der Waals surface area contributed by atoms with Gasteiger partial charge in [-0.3, -0.25) is 0 Å². The summed E-state index contributed by atoms with van der Waals surface area (Å²) in [6, 6.07) is 4.73. The van der Waals surface area contributed by atoms with E-state index in [0.717, 1.165) is 0 Å².